The monoisotopic (exact) mass is 365 g/mol. The van der Waals surface area contributed by atoms with Gasteiger partial charge in [-0.2, -0.15) is 0 Å². The van der Waals surface area contributed by atoms with Crippen molar-refractivity contribution in [3.63, 3.8) is 0 Å². The third-order valence-corrected chi connectivity index (χ3v) is 4.49. The van der Waals surface area contributed by atoms with E-state index in [1.807, 2.05) is 18.2 Å². The number of nitrogens with one attached hydrogen (secondary N) is 1. The molecule has 1 amide bonds. The van der Waals surface area contributed by atoms with Gasteiger partial charge in [0.15, 0.2) is 0 Å². The second-order valence-electron chi connectivity index (χ2n) is 7.43. The van der Waals surface area contributed by atoms with Crippen molar-refractivity contribution in [1.29, 1.82) is 0 Å². The number of fused-ring (bicyclic) bond motifs is 1. The molecule has 27 heavy (non-hydrogen) atoms. The summed E-state index contributed by atoms with van der Waals surface area (Å²) in [4.78, 5) is 24.5. The molecule has 1 N–H and O–H groups in total. The van der Waals surface area contributed by atoms with Crippen LogP contribution in [0.3, 0.4) is 0 Å². The van der Waals surface area contributed by atoms with E-state index in [0.29, 0.717) is 16.9 Å². The predicted octanol–water partition coefficient (Wildman–Crippen LogP) is 4.03. The first-order chi connectivity index (χ1) is 12.8. The molecule has 0 bridgehead atoms. The van der Waals surface area contributed by atoms with Crippen molar-refractivity contribution in [2.45, 2.75) is 32.7 Å². The largest absolute Gasteiger partial charge is 0.496 e. The Morgan fingerprint density at radius 3 is 2.56 bits per heavy atom. The highest BCUT2D eigenvalue weighted by Crippen LogP contribution is 2.27. The van der Waals surface area contributed by atoms with Crippen LogP contribution in [-0.4, -0.2) is 13.0 Å². The average Bonchev–Trinajstić information content (AvgIpc) is 2.64. The van der Waals surface area contributed by atoms with Crippen molar-refractivity contribution < 1.29 is 13.9 Å². The third kappa shape index (κ3) is 4.03. The minimum absolute atomic E-state index is 0.0394. The lowest BCUT2D eigenvalue weighted by Crippen LogP contribution is -2.24. The van der Waals surface area contributed by atoms with E-state index < -0.39 is 5.63 Å². The zero-order valence-corrected chi connectivity index (χ0v) is 16.0. The fraction of sp³-hybridized carbons (Fsp3) is 0.273. The highest BCUT2D eigenvalue weighted by atomic mass is 16.5. The Hall–Kier alpha value is -3.08. The van der Waals surface area contributed by atoms with E-state index in [1.165, 1.54) is 13.2 Å². The summed E-state index contributed by atoms with van der Waals surface area (Å²) < 4.78 is 10.5. The molecule has 5 heteroatoms. The second kappa shape index (κ2) is 7.27. The molecule has 0 saturated heterocycles. The van der Waals surface area contributed by atoms with Crippen molar-refractivity contribution in [3.05, 3.63) is 75.6 Å². The van der Waals surface area contributed by atoms with Crippen LogP contribution in [0, 0.1) is 0 Å². The first kappa shape index (κ1) is 18.7. The summed E-state index contributed by atoms with van der Waals surface area (Å²) in [6, 6.07) is 14.2. The van der Waals surface area contributed by atoms with Crippen molar-refractivity contribution in [3.8, 4) is 5.75 Å². The smallest absolute Gasteiger partial charge is 0.336 e. The predicted molar refractivity (Wildman–Crippen MR) is 105 cm³/mol. The number of rotatable bonds is 4. The molecule has 0 spiro atoms. The number of carbonyl (C=O) groups excluding carboxylic acids is 1. The van der Waals surface area contributed by atoms with Gasteiger partial charge < -0.3 is 14.5 Å². The SMILES string of the molecule is COc1ccccc1C(=O)NCc1cc(=O)oc2ccc(C(C)(C)C)cc12. The van der Waals surface area contributed by atoms with Gasteiger partial charge in [0.05, 0.1) is 12.7 Å². The van der Waals surface area contributed by atoms with Crippen LogP contribution in [0.2, 0.25) is 0 Å². The standard InChI is InChI=1S/C22H23NO4/c1-22(2,3)15-9-10-19-17(12-15)14(11-20(24)27-19)13-23-21(25)16-7-5-6-8-18(16)26-4/h5-12H,13H2,1-4H3,(H,23,25). The van der Waals surface area contributed by atoms with E-state index in [1.54, 1.807) is 24.3 Å². The lowest BCUT2D eigenvalue weighted by molar-refractivity contribution is 0.0948. The number of hydrogen-bond acceptors (Lipinski definition) is 4. The van der Waals surface area contributed by atoms with Gasteiger partial charge in [-0.05, 0) is 40.8 Å². The van der Waals surface area contributed by atoms with E-state index >= 15 is 0 Å². The number of carbonyl (C=O) groups is 1. The van der Waals surface area contributed by atoms with Crippen molar-refractivity contribution in [1.82, 2.24) is 5.32 Å². The van der Waals surface area contributed by atoms with Gasteiger partial charge in [-0.25, -0.2) is 4.79 Å². The summed E-state index contributed by atoms with van der Waals surface area (Å²) in [5, 5.41) is 3.69. The Balaban J connectivity index is 1.94. The van der Waals surface area contributed by atoms with Gasteiger partial charge in [0, 0.05) is 18.0 Å². The molecule has 0 aliphatic carbocycles. The molecular formula is C22H23NO4. The van der Waals surface area contributed by atoms with E-state index in [9.17, 15) is 9.59 Å². The molecule has 0 saturated carbocycles. The molecule has 0 unspecified atom stereocenters. The Kier molecular flexibility index (Phi) is 5.04. The van der Waals surface area contributed by atoms with Gasteiger partial charge in [-0.3, -0.25) is 4.79 Å². The number of ether oxygens (including phenoxy) is 1. The van der Waals surface area contributed by atoms with Crippen LogP contribution in [0.25, 0.3) is 11.0 Å². The fourth-order valence-corrected chi connectivity index (χ4v) is 2.94. The average molecular weight is 365 g/mol. The highest BCUT2D eigenvalue weighted by Gasteiger charge is 2.17. The minimum Gasteiger partial charge on any atom is -0.496 e. The van der Waals surface area contributed by atoms with Gasteiger partial charge in [0.25, 0.3) is 5.91 Å². The zero-order valence-electron chi connectivity index (χ0n) is 16.0. The normalized spacial score (nSPS) is 11.4. The van der Waals surface area contributed by atoms with Crippen LogP contribution in [0.5, 0.6) is 5.75 Å². The van der Waals surface area contributed by atoms with Crippen LogP contribution < -0.4 is 15.7 Å². The van der Waals surface area contributed by atoms with Gasteiger partial charge in [0.2, 0.25) is 0 Å². The van der Waals surface area contributed by atoms with Crippen molar-refractivity contribution >= 4 is 16.9 Å². The Morgan fingerprint density at radius 1 is 1.11 bits per heavy atom. The van der Waals surface area contributed by atoms with Gasteiger partial charge >= 0.3 is 5.63 Å². The lowest BCUT2D eigenvalue weighted by Gasteiger charge is -2.19. The molecule has 2 aromatic carbocycles. The van der Waals surface area contributed by atoms with Crippen LogP contribution in [-0.2, 0) is 12.0 Å². The van der Waals surface area contributed by atoms with Crippen LogP contribution in [0.1, 0.15) is 42.3 Å². The molecule has 0 atom stereocenters. The van der Waals surface area contributed by atoms with Gasteiger partial charge in [-0.1, -0.05) is 39.0 Å². The van der Waals surface area contributed by atoms with E-state index in [-0.39, 0.29) is 17.9 Å². The van der Waals surface area contributed by atoms with Crippen molar-refractivity contribution in [2.24, 2.45) is 0 Å². The molecule has 5 nitrogen and oxygen atoms in total. The number of amides is 1. The highest BCUT2D eigenvalue weighted by molar-refractivity contribution is 5.97. The van der Waals surface area contributed by atoms with E-state index in [4.69, 9.17) is 9.15 Å². The maximum absolute atomic E-state index is 12.6. The molecule has 140 valence electrons. The van der Waals surface area contributed by atoms with Gasteiger partial charge in [0.1, 0.15) is 11.3 Å². The van der Waals surface area contributed by atoms with E-state index in [0.717, 1.165) is 16.5 Å². The molecular weight excluding hydrogens is 342 g/mol. The first-order valence-electron chi connectivity index (χ1n) is 8.78. The maximum atomic E-state index is 12.6. The number of benzene rings is 2. The number of para-hydroxylation sites is 1. The van der Waals surface area contributed by atoms with Crippen LogP contribution >= 0.6 is 0 Å². The molecule has 0 radical (unpaired) electrons. The molecule has 0 fully saturated rings. The van der Waals surface area contributed by atoms with Crippen LogP contribution in [0.4, 0.5) is 0 Å². The zero-order chi connectivity index (χ0) is 19.6. The summed E-state index contributed by atoms with van der Waals surface area (Å²) in [5.74, 6) is 0.239. The maximum Gasteiger partial charge on any atom is 0.336 e. The summed E-state index contributed by atoms with van der Waals surface area (Å²) >= 11 is 0. The minimum atomic E-state index is -0.437. The topological polar surface area (TPSA) is 68.5 Å². The summed E-state index contributed by atoms with van der Waals surface area (Å²) in [6.45, 7) is 6.58. The summed E-state index contributed by atoms with van der Waals surface area (Å²) in [7, 11) is 1.52. The molecule has 1 heterocycles. The first-order valence-corrected chi connectivity index (χ1v) is 8.78. The summed E-state index contributed by atoms with van der Waals surface area (Å²) in [5.41, 5.74) is 2.33. The number of hydrogen-bond donors (Lipinski definition) is 1. The Morgan fingerprint density at radius 2 is 1.85 bits per heavy atom. The Bertz CT molecular complexity index is 1040. The summed E-state index contributed by atoms with van der Waals surface area (Å²) in [6.07, 6.45) is 0. The molecule has 0 aliphatic rings. The Labute approximate surface area is 158 Å². The van der Waals surface area contributed by atoms with Crippen LogP contribution in [0.15, 0.2) is 57.7 Å². The molecule has 3 rings (SSSR count). The van der Waals surface area contributed by atoms with Gasteiger partial charge in [-0.15, -0.1) is 0 Å². The molecule has 1 aromatic heterocycles. The van der Waals surface area contributed by atoms with Crippen molar-refractivity contribution in [2.75, 3.05) is 7.11 Å². The number of methoxy groups -OCH3 is 1. The second-order valence-corrected chi connectivity index (χ2v) is 7.43. The fourth-order valence-electron chi connectivity index (χ4n) is 2.94. The quantitative estimate of drug-likeness (QED) is 0.709. The third-order valence-electron chi connectivity index (χ3n) is 4.49. The molecule has 3 aromatic rings. The van der Waals surface area contributed by atoms with E-state index in [2.05, 4.69) is 26.1 Å². The lowest BCUT2D eigenvalue weighted by atomic mass is 9.86. The molecule has 0 aliphatic heterocycles.